The molecular weight excluding hydrogens is 258 g/mol. The Labute approximate surface area is 118 Å². The van der Waals surface area contributed by atoms with Gasteiger partial charge in [0, 0.05) is 18.2 Å². The first kappa shape index (κ1) is 14.7. The van der Waals surface area contributed by atoms with Crippen molar-refractivity contribution in [2.75, 3.05) is 6.54 Å². The van der Waals surface area contributed by atoms with E-state index in [9.17, 15) is 15.0 Å². The molecule has 0 spiro atoms. The van der Waals surface area contributed by atoms with Crippen molar-refractivity contribution in [1.82, 2.24) is 4.90 Å². The van der Waals surface area contributed by atoms with E-state index in [-0.39, 0.29) is 30.1 Å². The zero-order chi connectivity index (χ0) is 14.7. The van der Waals surface area contributed by atoms with E-state index in [2.05, 4.69) is 0 Å². The zero-order valence-electron chi connectivity index (χ0n) is 11.6. The quantitative estimate of drug-likeness (QED) is 0.771. The predicted molar refractivity (Wildman–Crippen MR) is 74.8 cm³/mol. The van der Waals surface area contributed by atoms with Gasteiger partial charge in [-0.3, -0.25) is 9.69 Å². The minimum Gasteiger partial charge on any atom is -0.508 e. The number of aliphatic carboxylic acids is 1. The SMILES string of the molecule is CC(c1cc(O)cc(O)c1)N(CC(=O)O)C1CCCC1. The van der Waals surface area contributed by atoms with Crippen LogP contribution in [0.2, 0.25) is 0 Å². The molecule has 5 heteroatoms. The first-order chi connectivity index (χ1) is 9.47. The number of phenols is 2. The summed E-state index contributed by atoms with van der Waals surface area (Å²) in [5.74, 6) is -0.866. The van der Waals surface area contributed by atoms with Crippen LogP contribution in [0.5, 0.6) is 11.5 Å². The van der Waals surface area contributed by atoms with Crippen molar-refractivity contribution in [3.8, 4) is 11.5 Å². The normalized spacial score (nSPS) is 17.5. The molecular formula is C15H21NO4. The van der Waals surface area contributed by atoms with Crippen LogP contribution in [0.3, 0.4) is 0 Å². The summed E-state index contributed by atoms with van der Waals surface area (Å²) >= 11 is 0. The Hall–Kier alpha value is -1.75. The van der Waals surface area contributed by atoms with Gasteiger partial charge in [0.05, 0.1) is 6.54 Å². The van der Waals surface area contributed by atoms with Crippen LogP contribution in [-0.2, 0) is 4.79 Å². The molecule has 1 unspecified atom stereocenters. The molecule has 5 nitrogen and oxygen atoms in total. The standard InChI is InChI=1S/C15H21NO4/c1-10(11-6-13(17)8-14(18)7-11)16(9-15(19)20)12-4-2-3-5-12/h6-8,10,12,17-18H,2-5,9H2,1H3,(H,19,20). The summed E-state index contributed by atoms with van der Waals surface area (Å²) in [4.78, 5) is 13.0. The van der Waals surface area contributed by atoms with Crippen molar-refractivity contribution in [2.45, 2.75) is 44.7 Å². The Morgan fingerprint density at radius 2 is 1.80 bits per heavy atom. The van der Waals surface area contributed by atoms with Crippen LogP contribution in [0, 0.1) is 0 Å². The lowest BCUT2D eigenvalue weighted by atomic mass is 10.0. The van der Waals surface area contributed by atoms with Crippen LogP contribution < -0.4 is 0 Å². The van der Waals surface area contributed by atoms with E-state index in [1.165, 1.54) is 6.07 Å². The Morgan fingerprint density at radius 1 is 1.25 bits per heavy atom. The van der Waals surface area contributed by atoms with Gasteiger partial charge in [0.1, 0.15) is 11.5 Å². The van der Waals surface area contributed by atoms with Crippen molar-refractivity contribution in [3.05, 3.63) is 23.8 Å². The number of carbonyl (C=O) groups is 1. The van der Waals surface area contributed by atoms with Crippen molar-refractivity contribution >= 4 is 5.97 Å². The topological polar surface area (TPSA) is 81.0 Å². The molecule has 0 bridgehead atoms. The number of hydrogen-bond donors (Lipinski definition) is 3. The van der Waals surface area contributed by atoms with Crippen LogP contribution >= 0.6 is 0 Å². The third-order valence-corrected chi connectivity index (χ3v) is 4.02. The summed E-state index contributed by atoms with van der Waals surface area (Å²) < 4.78 is 0. The lowest BCUT2D eigenvalue weighted by molar-refractivity contribution is -0.139. The third-order valence-electron chi connectivity index (χ3n) is 4.02. The van der Waals surface area contributed by atoms with E-state index < -0.39 is 5.97 Å². The highest BCUT2D eigenvalue weighted by molar-refractivity contribution is 5.69. The minimum absolute atomic E-state index is 0.00598. The van der Waals surface area contributed by atoms with Crippen molar-refractivity contribution < 1.29 is 20.1 Å². The summed E-state index contributed by atoms with van der Waals surface area (Å²) in [6.45, 7) is 1.89. The number of hydrogen-bond acceptors (Lipinski definition) is 4. The summed E-state index contributed by atoms with van der Waals surface area (Å²) in [6.07, 6.45) is 4.25. The van der Waals surface area contributed by atoms with Crippen LogP contribution in [0.25, 0.3) is 0 Å². The van der Waals surface area contributed by atoms with E-state index in [0.717, 1.165) is 31.2 Å². The molecule has 1 atom stereocenters. The van der Waals surface area contributed by atoms with Gasteiger partial charge in [0.25, 0.3) is 0 Å². The molecule has 1 aliphatic carbocycles. The van der Waals surface area contributed by atoms with E-state index in [4.69, 9.17) is 5.11 Å². The molecule has 0 aromatic heterocycles. The monoisotopic (exact) mass is 279 g/mol. The van der Waals surface area contributed by atoms with Gasteiger partial charge in [-0.05, 0) is 37.5 Å². The van der Waals surface area contributed by atoms with Gasteiger partial charge in [-0.15, -0.1) is 0 Å². The number of benzene rings is 1. The molecule has 110 valence electrons. The summed E-state index contributed by atoms with van der Waals surface area (Å²) in [5.41, 5.74) is 0.732. The van der Waals surface area contributed by atoms with E-state index in [0.29, 0.717) is 0 Å². The highest BCUT2D eigenvalue weighted by Crippen LogP contribution is 2.33. The fourth-order valence-electron chi connectivity index (χ4n) is 3.03. The Balaban J connectivity index is 2.24. The molecule has 0 heterocycles. The summed E-state index contributed by atoms with van der Waals surface area (Å²) in [5, 5.41) is 28.3. The smallest absolute Gasteiger partial charge is 0.317 e. The number of carboxylic acids is 1. The first-order valence-electron chi connectivity index (χ1n) is 6.98. The van der Waals surface area contributed by atoms with Gasteiger partial charge in [-0.25, -0.2) is 0 Å². The largest absolute Gasteiger partial charge is 0.508 e. The lowest BCUT2D eigenvalue weighted by Gasteiger charge is -2.33. The number of carboxylic acid groups (broad SMARTS) is 1. The molecule has 2 rings (SSSR count). The molecule has 0 saturated heterocycles. The molecule has 0 aliphatic heterocycles. The molecule has 0 radical (unpaired) electrons. The van der Waals surface area contributed by atoms with Crippen LogP contribution in [-0.4, -0.2) is 38.8 Å². The maximum absolute atomic E-state index is 11.1. The number of rotatable bonds is 5. The fraction of sp³-hybridized carbons (Fsp3) is 0.533. The summed E-state index contributed by atoms with van der Waals surface area (Å²) in [7, 11) is 0. The lowest BCUT2D eigenvalue weighted by Crippen LogP contribution is -2.39. The molecule has 1 aliphatic rings. The zero-order valence-corrected chi connectivity index (χ0v) is 11.6. The maximum Gasteiger partial charge on any atom is 0.317 e. The minimum atomic E-state index is -0.854. The molecule has 3 N–H and O–H groups in total. The fourth-order valence-corrected chi connectivity index (χ4v) is 3.03. The molecule has 20 heavy (non-hydrogen) atoms. The molecule has 1 fully saturated rings. The molecule has 1 aromatic carbocycles. The van der Waals surface area contributed by atoms with E-state index >= 15 is 0 Å². The van der Waals surface area contributed by atoms with E-state index in [1.807, 2.05) is 11.8 Å². The Bertz CT molecular complexity index is 463. The van der Waals surface area contributed by atoms with Crippen molar-refractivity contribution in [3.63, 3.8) is 0 Å². The van der Waals surface area contributed by atoms with Gasteiger partial charge < -0.3 is 15.3 Å². The van der Waals surface area contributed by atoms with E-state index in [1.54, 1.807) is 12.1 Å². The highest BCUT2D eigenvalue weighted by atomic mass is 16.4. The summed E-state index contributed by atoms with van der Waals surface area (Å²) in [6, 6.07) is 4.52. The van der Waals surface area contributed by atoms with Crippen LogP contribution in [0.15, 0.2) is 18.2 Å². The van der Waals surface area contributed by atoms with Gasteiger partial charge in [0.15, 0.2) is 0 Å². The average Bonchev–Trinajstić information content (AvgIpc) is 2.87. The van der Waals surface area contributed by atoms with Crippen molar-refractivity contribution in [1.29, 1.82) is 0 Å². The predicted octanol–water partition coefficient (Wildman–Crippen LogP) is 2.49. The first-order valence-corrected chi connectivity index (χ1v) is 6.98. The Morgan fingerprint density at radius 3 is 2.30 bits per heavy atom. The van der Waals surface area contributed by atoms with Gasteiger partial charge in [-0.2, -0.15) is 0 Å². The van der Waals surface area contributed by atoms with Crippen LogP contribution in [0.1, 0.15) is 44.2 Å². The number of phenolic OH excluding ortho intramolecular Hbond substituents is 2. The highest BCUT2D eigenvalue weighted by Gasteiger charge is 2.29. The molecule has 1 aromatic rings. The maximum atomic E-state index is 11.1. The number of nitrogens with zero attached hydrogens (tertiary/aromatic N) is 1. The Kier molecular flexibility index (Phi) is 4.49. The average molecular weight is 279 g/mol. The second-order valence-electron chi connectivity index (χ2n) is 5.46. The second-order valence-corrected chi connectivity index (χ2v) is 5.46. The van der Waals surface area contributed by atoms with Gasteiger partial charge in [0.2, 0.25) is 0 Å². The third kappa shape index (κ3) is 3.42. The van der Waals surface area contributed by atoms with Gasteiger partial charge in [-0.1, -0.05) is 12.8 Å². The van der Waals surface area contributed by atoms with Crippen molar-refractivity contribution in [2.24, 2.45) is 0 Å². The van der Waals surface area contributed by atoms with Crippen LogP contribution in [0.4, 0.5) is 0 Å². The van der Waals surface area contributed by atoms with Gasteiger partial charge >= 0.3 is 5.97 Å². The molecule has 0 amide bonds. The second kappa shape index (κ2) is 6.13. The number of aromatic hydroxyl groups is 2. The molecule has 1 saturated carbocycles.